The van der Waals surface area contributed by atoms with Gasteiger partial charge in [-0.05, 0) is 25.0 Å². The molecule has 1 unspecified atom stereocenters. The van der Waals surface area contributed by atoms with Crippen molar-refractivity contribution >= 4 is 23.4 Å². The van der Waals surface area contributed by atoms with E-state index in [1.54, 1.807) is 0 Å². The molecule has 1 amide bonds. The molecule has 1 aromatic rings. The van der Waals surface area contributed by atoms with Crippen LogP contribution in [0.3, 0.4) is 0 Å². The molecular weight excluding hydrogens is 304 g/mol. The number of likely N-dealkylation sites (tertiary alicyclic amines) is 1. The van der Waals surface area contributed by atoms with Gasteiger partial charge in [-0.1, -0.05) is 18.2 Å². The van der Waals surface area contributed by atoms with Crippen LogP contribution in [0.1, 0.15) is 12.0 Å². The minimum atomic E-state index is -0.369. The lowest BCUT2D eigenvalue weighted by Crippen LogP contribution is -2.48. The SMILES string of the molecule is Cc1ccccc1N/C=C1\C(=N)N=C(N2CCC(C#N)C2)NC1=O. The Balaban J connectivity index is 1.75. The topological polar surface area (TPSA) is 104 Å². The first-order valence-corrected chi connectivity index (χ1v) is 7.74. The number of rotatable bonds is 2. The fraction of sp³-hybridized carbons (Fsp3) is 0.294. The number of amidine groups is 1. The first kappa shape index (κ1) is 15.7. The summed E-state index contributed by atoms with van der Waals surface area (Å²) >= 11 is 0. The van der Waals surface area contributed by atoms with Gasteiger partial charge in [0.25, 0.3) is 5.91 Å². The number of carbonyl (C=O) groups is 1. The second-order valence-electron chi connectivity index (χ2n) is 5.82. The highest BCUT2D eigenvalue weighted by atomic mass is 16.2. The van der Waals surface area contributed by atoms with Crippen molar-refractivity contribution < 1.29 is 4.79 Å². The van der Waals surface area contributed by atoms with Crippen molar-refractivity contribution in [3.63, 3.8) is 0 Å². The number of para-hydroxylation sites is 1. The third-order valence-corrected chi connectivity index (χ3v) is 4.13. The van der Waals surface area contributed by atoms with Crippen LogP contribution in [0.2, 0.25) is 0 Å². The van der Waals surface area contributed by atoms with Crippen molar-refractivity contribution in [1.29, 1.82) is 10.7 Å². The van der Waals surface area contributed by atoms with Gasteiger partial charge in [0.05, 0.1) is 17.6 Å². The van der Waals surface area contributed by atoms with E-state index in [1.807, 2.05) is 36.1 Å². The number of carbonyl (C=O) groups excluding carboxylic acids is 1. The van der Waals surface area contributed by atoms with E-state index in [0.717, 1.165) is 17.7 Å². The number of nitrogens with one attached hydrogen (secondary N) is 3. The summed E-state index contributed by atoms with van der Waals surface area (Å²) in [6.45, 7) is 3.15. The first-order valence-electron chi connectivity index (χ1n) is 7.74. The van der Waals surface area contributed by atoms with Gasteiger partial charge in [0, 0.05) is 25.0 Å². The van der Waals surface area contributed by atoms with E-state index < -0.39 is 0 Å². The highest BCUT2D eigenvalue weighted by Gasteiger charge is 2.30. The van der Waals surface area contributed by atoms with E-state index in [2.05, 4.69) is 21.7 Å². The molecule has 0 bridgehead atoms. The maximum Gasteiger partial charge on any atom is 0.263 e. The number of nitrogens with zero attached hydrogens (tertiary/aromatic N) is 3. The van der Waals surface area contributed by atoms with Gasteiger partial charge in [0.2, 0.25) is 5.96 Å². The molecule has 0 spiro atoms. The van der Waals surface area contributed by atoms with Crippen molar-refractivity contribution in [2.24, 2.45) is 10.9 Å². The zero-order valence-electron chi connectivity index (χ0n) is 13.3. The number of benzene rings is 1. The van der Waals surface area contributed by atoms with Crippen LogP contribution in [-0.2, 0) is 4.79 Å². The summed E-state index contributed by atoms with van der Waals surface area (Å²) in [5.74, 6) is -0.157. The summed E-state index contributed by atoms with van der Waals surface area (Å²) in [5.41, 5.74) is 2.09. The molecule has 2 heterocycles. The fourth-order valence-electron chi connectivity index (χ4n) is 2.70. The summed E-state index contributed by atoms with van der Waals surface area (Å²) in [4.78, 5) is 18.3. The highest BCUT2D eigenvalue weighted by molar-refractivity contribution is 6.28. The van der Waals surface area contributed by atoms with E-state index in [-0.39, 0.29) is 23.2 Å². The average molecular weight is 322 g/mol. The third-order valence-electron chi connectivity index (χ3n) is 4.13. The van der Waals surface area contributed by atoms with E-state index in [1.165, 1.54) is 6.20 Å². The van der Waals surface area contributed by atoms with Gasteiger partial charge < -0.3 is 10.2 Å². The Morgan fingerprint density at radius 3 is 2.96 bits per heavy atom. The zero-order valence-corrected chi connectivity index (χ0v) is 13.3. The molecule has 24 heavy (non-hydrogen) atoms. The number of anilines is 1. The smallest absolute Gasteiger partial charge is 0.263 e. The molecule has 3 N–H and O–H groups in total. The number of hydrogen-bond donors (Lipinski definition) is 3. The summed E-state index contributed by atoms with van der Waals surface area (Å²) in [7, 11) is 0. The normalized spacial score (nSPS) is 22.2. The van der Waals surface area contributed by atoms with Crippen molar-refractivity contribution in [2.75, 3.05) is 18.4 Å². The van der Waals surface area contributed by atoms with Crippen molar-refractivity contribution in [3.05, 3.63) is 41.6 Å². The van der Waals surface area contributed by atoms with Gasteiger partial charge >= 0.3 is 0 Å². The molecule has 0 aliphatic carbocycles. The lowest BCUT2D eigenvalue weighted by atomic mass is 10.1. The number of nitriles is 1. The predicted octanol–water partition coefficient (Wildman–Crippen LogP) is 1.60. The van der Waals surface area contributed by atoms with Crippen LogP contribution in [0.4, 0.5) is 5.69 Å². The standard InChI is InChI=1S/C17H18N6O/c1-11-4-2-3-5-14(11)20-9-13-15(19)21-17(22-16(13)24)23-7-6-12(8-18)10-23/h2-5,9,12,20H,6-7,10H2,1H3,(H2,19,21,22,24)/b13-9+. The van der Waals surface area contributed by atoms with Gasteiger partial charge in [0.15, 0.2) is 5.84 Å². The fourth-order valence-corrected chi connectivity index (χ4v) is 2.70. The van der Waals surface area contributed by atoms with Gasteiger partial charge in [-0.3, -0.25) is 15.5 Å². The average Bonchev–Trinajstić information content (AvgIpc) is 3.04. The Bertz CT molecular complexity index is 789. The lowest BCUT2D eigenvalue weighted by molar-refractivity contribution is -0.115. The maximum atomic E-state index is 12.3. The van der Waals surface area contributed by atoms with Gasteiger partial charge in [-0.2, -0.15) is 10.3 Å². The van der Waals surface area contributed by atoms with Crippen LogP contribution in [0.5, 0.6) is 0 Å². The Morgan fingerprint density at radius 2 is 2.29 bits per heavy atom. The summed E-state index contributed by atoms with van der Waals surface area (Å²) in [6.07, 6.45) is 2.25. The molecule has 2 aliphatic heterocycles. The van der Waals surface area contributed by atoms with Crippen LogP contribution >= 0.6 is 0 Å². The van der Waals surface area contributed by atoms with E-state index in [9.17, 15) is 4.79 Å². The molecule has 7 heteroatoms. The van der Waals surface area contributed by atoms with Crippen molar-refractivity contribution in [1.82, 2.24) is 10.2 Å². The summed E-state index contributed by atoms with van der Waals surface area (Å²) in [5, 5.41) is 22.8. The quantitative estimate of drug-likeness (QED) is 0.719. The second-order valence-corrected chi connectivity index (χ2v) is 5.82. The van der Waals surface area contributed by atoms with E-state index >= 15 is 0 Å². The summed E-state index contributed by atoms with van der Waals surface area (Å²) in [6, 6.07) is 9.92. The van der Waals surface area contributed by atoms with Crippen LogP contribution in [0.25, 0.3) is 0 Å². The molecule has 0 saturated carbocycles. The van der Waals surface area contributed by atoms with Crippen LogP contribution in [0.15, 0.2) is 41.0 Å². The number of guanidine groups is 1. The van der Waals surface area contributed by atoms with Crippen molar-refractivity contribution in [3.8, 4) is 6.07 Å². The molecule has 1 aromatic carbocycles. The van der Waals surface area contributed by atoms with Crippen LogP contribution in [-0.4, -0.2) is 35.7 Å². The molecule has 1 saturated heterocycles. The number of aliphatic imine (C=N–C) groups is 1. The Kier molecular flexibility index (Phi) is 4.29. The minimum Gasteiger partial charge on any atom is -0.361 e. The molecule has 2 aliphatic rings. The molecule has 1 atom stereocenters. The van der Waals surface area contributed by atoms with E-state index in [0.29, 0.717) is 19.0 Å². The highest BCUT2D eigenvalue weighted by Crippen LogP contribution is 2.18. The van der Waals surface area contributed by atoms with Crippen LogP contribution in [0, 0.1) is 29.6 Å². The molecule has 0 radical (unpaired) electrons. The molecule has 7 nitrogen and oxygen atoms in total. The number of hydrogen-bond acceptors (Lipinski definition) is 5. The van der Waals surface area contributed by atoms with Crippen LogP contribution < -0.4 is 10.6 Å². The lowest BCUT2D eigenvalue weighted by Gasteiger charge is -2.24. The molecule has 1 fully saturated rings. The van der Waals surface area contributed by atoms with Crippen molar-refractivity contribution in [2.45, 2.75) is 13.3 Å². The molecular formula is C17H18N6O. The monoisotopic (exact) mass is 322 g/mol. The Labute approximate surface area is 140 Å². The first-order chi connectivity index (χ1) is 11.6. The summed E-state index contributed by atoms with van der Waals surface area (Å²) < 4.78 is 0. The number of amides is 1. The zero-order chi connectivity index (χ0) is 17.1. The second kappa shape index (κ2) is 6.54. The largest absolute Gasteiger partial charge is 0.361 e. The molecule has 3 rings (SSSR count). The Hall–Kier alpha value is -3.14. The molecule has 0 aromatic heterocycles. The van der Waals surface area contributed by atoms with E-state index in [4.69, 9.17) is 10.7 Å². The minimum absolute atomic E-state index is 0.0570. The maximum absolute atomic E-state index is 12.3. The van der Waals surface area contributed by atoms with Gasteiger partial charge in [0.1, 0.15) is 0 Å². The Morgan fingerprint density at radius 1 is 1.50 bits per heavy atom. The van der Waals surface area contributed by atoms with Gasteiger partial charge in [-0.15, -0.1) is 0 Å². The molecule has 122 valence electrons. The number of aryl methyl sites for hydroxylation is 1. The third kappa shape index (κ3) is 3.13. The van der Waals surface area contributed by atoms with Gasteiger partial charge in [-0.25, -0.2) is 0 Å². The predicted molar refractivity (Wildman–Crippen MR) is 91.5 cm³/mol.